The van der Waals surface area contributed by atoms with Crippen LogP contribution in [0.15, 0.2) is 65.1 Å². The smallest absolute Gasteiger partial charge is 0.269 e. The molecule has 3 aromatic carbocycles. The molecule has 0 bridgehead atoms. The van der Waals surface area contributed by atoms with Crippen molar-refractivity contribution in [1.29, 1.82) is 5.26 Å². The van der Waals surface area contributed by atoms with E-state index in [1.54, 1.807) is 42.5 Å². The minimum Gasteiger partial charge on any atom is -0.490 e. The predicted octanol–water partition coefficient (Wildman–Crippen LogP) is 6.49. The Labute approximate surface area is 215 Å². The van der Waals surface area contributed by atoms with Crippen LogP contribution in [0.2, 0.25) is 5.02 Å². The van der Waals surface area contributed by atoms with Gasteiger partial charge in [0.05, 0.1) is 27.6 Å². The highest BCUT2D eigenvalue weighted by atomic mass is 79.9. The van der Waals surface area contributed by atoms with E-state index in [4.69, 9.17) is 21.1 Å². The summed E-state index contributed by atoms with van der Waals surface area (Å²) in [5, 5.41) is 23.8. The normalized spacial score (nSPS) is 10.9. The number of nitro groups is 1. The molecule has 0 aromatic heterocycles. The second-order valence-electron chi connectivity index (χ2n) is 7.08. The highest BCUT2D eigenvalue weighted by Gasteiger charge is 2.15. The molecule has 0 radical (unpaired) electrons. The highest BCUT2D eigenvalue weighted by Crippen LogP contribution is 2.38. The summed E-state index contributed by atoms with van der Waals surface area (Å²) in [6.07, 6.45) is 1.63. The lowest BCUT2D eigenvalue weighted by Crippen LogP contribution is -2.20. The molecule has 0 aliphatic heterocycles. The number of rotatable bonds is 9. The Bertz CT molecular complexity index is 1300. The molecule has 0 spiro atoms. The third kappa shape index (κ3) is 7.06. The fourth-order valence-electron chi connectivity index (χ4n) is 3.05. The van der Waals surface area contributed by atoms with Gasteiger partial charge >= 0.3 is 0 Å². The molecule has 0 unspecified atom stereocenters. The number of anilines is 1. The number of nitro benzene ring substituents is 1. The maximum Gasteiger partial charge on any atom is 0.269 e. The zero-order chi connectivity index (χ0) is 25.4. The molecule has 1 N–H and O–H groups in total. The third-order valence-corrected chi connectivity index (χ3v) is 5.47. The van der Waals surface area contributed by atoms with Crippen molar-refractivity contribution >= 4 is 56.5 Å². The molecule has 178 valence electrons. The number of halogens is 2. The Morgan fingerprint density at radius 1 is 1.17 bits per heavy atom. The standard InChI is InChI=1S/C25H19BrClN3O5/c1-2-34-23-13-16(11-18(14-28)17-3-9-21(10-4-17)30(32)33)12-22(26)25(23)35-15-24(31)29-20-7-5-19(27)6-8-20/h3-13H,2,15H2,1H3,(H,29,31)/b18-11+. The van der Waals surface area contributed by atoms with Gasteiger partial charge in [-0.1, -0.05) is 11.6 Å². The van der Waals surface area contributed by atoms with Crippen LogP contribution in [0.4, 0.5) is 11.4 Å². The molecule has 8 nitrogen and oxygen atoms in total. The van der Waals surface area contributed by atoms with Crippen molar-refractivity contribution < 1.29 is 19.2 Å². The SMILES string of the molecule is CCOc1cc(/C=C(\C#N)c2ccc([N+](=O)[O-])cc2)cc(Br)c1OCC(=O)Nc1ccc(Cl)cc1. The van der Waals surface area contributed by atoms with E-state index >= 15 is 0 Å². The fraction of sp³-hybridized carbons (Fsp3) is 0.120. The summed E-state index contributed by atoms with van der Waals surface area (Å²) in [7, 11) is 0. The summed E-state index contributed by atoms with van der Waals surface area (Å²) in [6.45, 7) is 1.90. The van der Waals surface area contributed by atoms with Crippen LogP contribution in [0.25, 0.3) is 11.6 Å². The number of nitrogens with zero attached hydrogens (tertiary/aromatic N) is 2. The number of allylic oxidation sites excluding steroid dienone is 1. The van der Waals surface area contributed by atoms with E-state index in [0.717, 1.165) is 0 Å². The van der Waals surface area contributed by atoms with Crippen molar-refractivity contribution in [3.63, 3.8) is 0 Å². The van der Waals surface area contributed by atoms with Gasteiger partial charge < -0.3 is 14.8 Å². The maximum atomic E-state index is 12.3. The van der Waals surface area contributed by atoms with Gasteiger partial charge in [-0.2, -0.15) is 5.26 Å². The van der Waals surface area contributed by atoms with Crippen LogP contribution in [0.1, 0.15) is 18.1 Å². The number of amides is 1. The number of carbonyl (C=O) groups excluding carboxylic acids is 1. The van der Waals surface area contributed by atoms with Crippen LogP contribution in [-0.4, -0.2) is 24.0 Å². The van der Waals surface area contributed by atoms with E-state index in [-0.39, 0.29) is 18.2 Å². The number of hydrogen-bond donors (Lipinski definition) is 1. The van der Waals surface area contributed by atoms with E-state index in [1.165, 1.54) is 24.3 Å². The van der Waals surface area contributed by atoms with Gasteiger partial charge in [0.25, 0.3) is 11.6 Å². The number of non-ortho nitro benzene ring substituents is 1. The van der Waals surface area contributed by atoms with Crippen LogP contribution >= 0.6 is 27.5 Å². The highest BCUT2D eigenvalue weighted by molar-refractivity contribution is 9.10. The molecule has 0 aliphatic carbocycles. The van der Waals surface area contributed by atoms with Crippen molar-refractivity contribution in [2.45, 2.75) is 6.92 Å². The molecule has 35 heavy (non-hydrogen) atoms. The second kappa shape index (κ2) is 12.0. The van der Waals surface area contributed by atoms with E-state index in [2.05, 4.69) is 27.3 Å². The average molecular weight is 557 g/mol. The monoisotopic (exact) mass is 555 g/mol. The molecule has 1 amide bonds. The molecule has 0 saturated heterocycles. The van der Waals surface area contributed by atoms with Crippen molar-refractivity contribution in [2.75, 3.05) is 18.5 Å². The number of benzene rings is 3. The van der Waals surface area contributed by atoms with Gasteiger partial charge in [-0.3, -0.25) is 14.9 Å². The van der Waals surface area contributed by atoms with Gasteiger partial charge in [0.15, 0.2) is 18.1 Å². The largest absolute Gasteiger partial charge is 0.490 e. The van der Waals surface area contributed by atoms with Gasteiger partial charge in [0.2, 0.25) is 0 Å². The van der Waals surface area contributed by atoms with Gasteiger partial charge in [0.1, 0.15) is 0 Å². The Morgan fingerprint density at radius 3 is 2.46 bits per heavy atom. The van der Waals surface area contributed by atoms with Crippen molar-refractivity contribution in [2.24, 2.45) is 0 Å². The molecule has 0 aliphatic rings. The minimum absolute atomic E-state index is 0.0611. The molecule has 0 heterocycles. The zero-order valence-corrected chi connectivity index (χ0v) is 20.8. The molecular formula is C25H19BrClN3O5. The van der Waals surface area contributed by atoms with Gasteiger partial charge in [-0.05, 0) is 88.6 Å². The van der Waals surface area contributed by atoms with E-state index in [1.807, 2.05) is 6.92 Å². The predicted molar refractivity (Wildman–Crippen MR) is 137 cm³/mol. The topological polar surface area (TPSA) is 114 Å². The average Bonchev–Trinajstić information content (AvgIpc) is 2.83. The van der Waals surface area contributed by atoms with E-state index in [9.17, 15) is 20.2 Å². The minimum atomic E-state index is -0.501. The number of ether oxygens (including phenoxy) is 2. The Hall–Kier alpha value is -3.87. The van der Waals surface area contributed by atoms with Gasteiger partial charge in [-0.15, -0.1) is 0 Å². The fourth-order valence-corrected chi connectivity index (χ4v) is 3.75. The van der Waals surface area contributed by atoms with Crippen LogP contribution in [0.5, 0.6) is 11.5 Å². The third-order valence-electron chi connectivity index (χ3n) is 4.63. The van der Waals surface area contributed by atoms with Crippen molar-refractivity contribution in [1.82, 2.24) is 0 Å². The van der Waals surface area contributed by atoms with Crippen LogP contribution in [0, 0.1) is 21.4 Å². The Morgan fingerprint density at radius 2 is 1.86 bits per heavy atom. The Kier molecular flexibility index (Phi) is 8.84. The van der Waals surface area contributed by atoms with E-state index in [0.29, 0.717) is 50.0 Å². The van der Waals surface area contributed by atoms with Gasteiger partial charge in [0, 0.05) is 22.8 Å². The summed E-state index contributed by atoms with van der Waals surface area (Å²) < 4.78 is 11.9. The van der Waals surface area contributed by atoms with Crippen molar-refractivity contribution in [3.8, 4) is 17.6 Å². The lowest BCUT2D eigenvalue weighted by atomic mass is 10.0. The molecule has 3 aromatic rings. The number of nitriles is 1. The summed E-state index contributed by atoms with van der Waals surface area (Å²) in [5.41, 5.74) is 2.00. The lowest BCUT2D eigenvalue weighted by molar-refractivity contribution is -0.384. The van der Waals surface area contributed by atoms with Crippen LogP contribution in [0.3, 0.4) is 0 Å². The number of carbonyl (C=O) groups is 1. The number of hydrogen-bond acceptors (Lipinski definition) is 6. The van der Waals surface area contributed by atoms with E-state index < -0.39 is 4.92 Å². The lowest BCUT2D eigenvalue weighted by Gasteiger charge is -2.15. The van der Waals surface area contributed by atoms with Gasteiger partial charge in [-0.25, -0.2) is 0 Å². The van der Waals surface area contributed by atoms with Crippen molar-refractivity contribution in [3.05, 3.63) is 91.4 Å². The Balaban J connectivity index is 1.81. The summed E-state index contributed by atoms with van der Waals surface area (Å²) in [6, 6.07) is 17.9. The molecule has 0 fully saturated rings. The maximum absolute atomic E-state index is 12.3. The first kappa shape index (κ1) is 25.7. The molecule has 3 rings (SSSR count). The number of nitrogens with one attached hydrogen (secondary N) is 1. The van der Waals surface area contributed by atoms with Crippen LogP contribution in [-0.2, 0) is 4.79 Å². The summed E-state index contributed by atoms with van der Waals surface area (Å²) in [5.74, 6) is 0.355. The second-order valence-corrected chi connectivity index (χ2v) is 8.37. The molecular weight excluding hydrogens is 538 g/mol. The molecule has 0 saturated carbocycles. The summed E-state index contributed by atoms with van der Waals surface area (Å²) >= 11 is 9.30. The first-order valence-electron chi connectivity index (χ1n) is 10.3. The molecule has 0 atom stereocenters. The van der Waals surface area contributed by atoms with Crippen LogP contribution < -0.4 is 14.8 Å². The quantitative estimate of drug-likeness (QED) is 0.139. The molecule has 10 heteroatoms. The first-order chi connectivity index (χ1) is 16.8. The summed E-state index contributed by atoms with van der Waals surface area (Å²) in [4.78, 5) is 22.7. The first-order valence-corrected chi connectivity index (χ1v) is 11.5. The zero-order valence-electron chi connectivity index (χ0n) is 18.5.